The third kappa shape index (κ3) is 3.77. The van der Waals surface area contributed by atoms with E-state index in [-0.39, 0.29) is 5.56 Å². The molecule has 1 aliphatic carbocycles. The van der Waals surface area contributed by atoms with Crippen molar-refractivity contribution in [2.75, 3.05) is 12.4 Å². The molecule has 0 spiro atoms. The molecule has 3 rings (SSSR count). The smallest absolute Gasteiger partial charge is 0.341 e. The molecular weight excluding hydrogens is 360 g/mol. The number of fused-ring (bicyclic) bond motifs is 1. The van der Waals surface area contributed by atoms with Gasteiger partial charge < -0.3 is 10.1 Å². The van der Waals surface area contributed by atoms with E-state index in [9.17, 15) is 18.4 Å². The summed E-state index contributed by atoms with van der Waals surface area (Å²) in [5, 5.41) is 3.08. The van der Waals surface area contributed by atoms with Crippen LogP contribution in [-0.4, -0.2) is 19.0 Å². The molecule has 0 aliphatic heterocycles. The highest BCUT2D eigenvalue weighted by Gasteiger charge is 2.26. The number of ether oxygens (including phenoxy) is 1. The highest BCUT2D eigenvalue weighted by molar-refractivity contribution is 7.17. The molecule has 138 valence electrons. The number of carbonyl (C=O) groups is 2. The molecule has 1 amide bonds. The Kier molecular flexibility index (Phi) is 5.66. The van der Waals surface area contributed by atoms with Crippen LogP contribution in [0.25, 0.3) is 0 Å². The number of benzene rings is 1. The molecule has 0 fully saturated rings. The predicted molar refractivity (Wildman–Crippen MR) is 95.8 cm³/mol. The first-order valence-electron chi connectivity index (χ1n) is 8.50. The molecule has 0 bridgehead atoms. The number of rotatable bonds is 3. The molecule has 0 saturated carbocycles. The molecule has 1 aromatic carbocycles. The molecule has 1 aromatic heterocycles. The molecule has 0 unspecified atom stereocenters. The maximum Gasteiger partial charge on any atom is 0.341 e. The Hall–Kier alpha value is -2.28. The fourth-order valence-electron chi connectivity index (χ4n) is 3.14. The topological polar surface area (TPSA) is 55.4 Å². The van der Waals surface area contributed by atoms with Crippen LogP contribution in [0.3, 0.4) is 0 Å². The monoisotopic (exact) mass is 379 g/mol. The zero-order valence-corrected chi connectivity index (χ0v) is 15.2. The van der Waals surface area contributed by atoms with Crippen LogP contribution in [-0.2, 0) is 17.6 Å². The summed E-state index contributed by atoms with van der Waals surface area (Å²) in [5.41, 5.74) is 1.30. The lowest BCUT2D eigenvalue weighted by Crippen LogP contribution is -2.15. The summed E-state index contributed by atoms with van der Waals surface area (Å²) < 4.78 is 31.4. The summed E-state index contributed by atoms with van der Waals surface area (Å²) in [4.78, 5) is 25.8. The number of anilines is 1. The third-order valence-electron chi connectivity index (χ3n) is 4.47. The molecule has 0 radical (unpaired) electrons. The van der Waals surface area contributed by atoms with Crippen molar-refractivity contribution >= 4 is 28.2 Å². The second-order valence-electron chi connectivity index (χ2n) is 6.20. The fourth-order valence-corrected chi connectivity index (χ4v) is 4.41. The lowest BCUT2D eigenvalue weighted by molar-refractivity contribution is 0.0601. The predicted octanol–water partition coefficient (Wildman–Crippen LogP) is 4.72. The molecule has 4 nitrogen and oxygen atoms in total. The number of carbonyl (C=O) groups excluding carboxylic acids is 2. The Balaban J connectivity index is 1.95. The van der Waals surface area contributed by atoms with Gasteiger partial charge in [0.05, 0.1) is 12.7 Å². The summed E-state index contributed by atoms with van der Waals surface area (Å²) in [6, 6.07) is 2.94. The van der Waals surface area contributed by atoms with Gasteiger partial charge >= 0.3 is 5.97 Å². The summed E-state index contributed by atoms with van der Waals surface area (Å²) >= 11 is 1.36. The zero-order chi connectivity index (χ0) is 18.7. The second kappa shape index (κ2) is 7.95. The van der Waals surface area contributed by atoms with E-state index in [0.29, 0.717) is 10.6 Å². The van der Waals surface area contributed by atoms with Crippen molar-refractivity contribution in [1.29, 1.82) is 0 Å². The summed E-state index contributed by atoms with van der Waals surface area (Å²) in [6.07, 6.45) is 5.87. The Bertz CT molecular complexity index is 848. The molecule has 2 aromatic rings. The number of hydrogen-bond acceptors (Lipinski definition) is 4. The number of thiophene rings is 1. The SMILES string of the molecule is COC(=O)c1c(NC(=O)c2ccc(F)c(F)c2)sc2c1CCCCCC2. The van der Waals surface area contributed by atoms with Gasteiger partial charge in [-0.25, -0.2) is 13.6 Å². The van der Waals surface area contributed by atoms with Gasteiger partial charge in [-0.05, 0) is 49.4 Å². The van der Waals surface area contributed by atoms with Crippen molar-refractivity contribution in [2.24, 2.45) is 0 Å². The van der Waals surface area contributed by atoms with Gasteiger partial charge in [-0.2, -0.15) is 0 Å². The average Bonchev–Trinajstić information content (AvgIpc) is 2.92. The summed E-state index contributed by atoms with van der Waals surface area (Å²) in [6.45, 7) is 0. The summed E-state index contributed by atoms with van der Waals surface area (Å²) in [7, 11) is 1.30. The zero-order valence-electron chi connectivity index (χ0n) is 14.4. The van der Waals surface area contributed by atoms with Crippen molar-refractivity contribution in [3.8, 4) is 0 Å². The highest BCUT2D eigenvalue weighted by atomic mass is 32.1. The number of methoxy groups -OCH3 is 1. The number of hydrogen-bond donors (Lipinski definition) is 1. The Morgan fingerprint density at radius 1 is 1.08 bits per heavy atom. The van der Waals surface area contributed by atoms with Crippen molar-refractivity contribution < 1.29 is 23.1 Å². The highest BCUT2D eigenvalue weighted by Crippen LogP contribution is 2.37. The van der Waals surface area contributed by atoms with Crippen LogP contribution < -0.4 is 5.32 Å². The Morgan fingerprint density at radius 3 is 2.50 bits per heavy atom. The molecule has 7 heteroatoms. The van der Waals surface area contributed by atoms with Crippen molar-refractivity contribution in [3.05, 3.63) is 51.4 Å². The molecule has 26 heavy (non-hydrogen) atoms. The van der Waals surface area contributed by atoms with Crippen molar-refractivity contribution in [3.63, 3.8) is 0 Å². The van der Waals surface area contributed by atoms with E-state index in [1.807, 2.05) is 0 Å². The molecule has 1 aliphatic rings. The molecule has 1 heterocycles. The van der Waals surface area contributed by atoms with Crippen molar-refractivity contribution in [2.45, 2.75) is 38.5 Å². The van der Waals surface area contributed by atoms with E-state index in [2.05, 4.69) is 5.32 Å². The normalized spacial score (nSPS) is 14.1. The minimum Gasteiger partial charge on any atom is -0.465 e. The minimum atomic E-state index is -1.09. The van der Waals surface area contributed by atoms with Crippen LogP contribution in [0.4, 0.5) is 13.8 Å². The van der Waals surface area contributed by atoms with Crippen LogP contribution in [0.1, 0.15) is 56.8 Å². The standard InChI is InChI=1S/C19H19F2NO3S/c1-25-19(24)16-12-6-4-2-3-5-7-15(12)26-18(16)22-17(23)11-8-9-13(20)14(21)10-11/h8-10H,2-7H2,1H3,(H,22,23). The maximum absolute atomic E-state index is 13.4. The Labute approximate surface area is 154 Å². The average molecular weight is 379 g/mol. The summed E-state index contributed by atoms with van der Waals surface area (Å²) in [5.74, 6) is -3.20. The first-order valence-corrected chi connectivity index (χ1v) is 9.32. The first-order chi connectivity index (χ1) is 12.5. The van der Waals surface area contributed by atoms with E-state index in [0.717, 1.165) is 61.1 Å². The first kappa shape index (κ1) is 18.5. The lowest BCUT2D eigenvalue weighted by atomic mass is 9.96. The van der Waals surface area contributed by atoms with E-state index < -0.39 is 23.5 Å². The van der Waals surface area contributed by atoms with Gasteiger partial charge in [0.15, 0.2) is 11.6 Å². The van der Waals surface area contributed by atoms with Crippen molar-refractivity contribution in [1.82, 2.24) is 0 Å². The molecule has 0 saturated heterocycles. The minimum absolute atomic E-state index is 0.0134. The van der Waals surface area contributed by atoms with E-state index in [1.165, 1.54) is 24.5 Å². The third-order valence-corrected chi connectivity index (χ3v) is 5.68. The molecule has 0 atom stereocenters. The molecular formula is C19H19F2NO3S. The van der Waals surface area contributed by atoms with E-state index in [4.69, 9.17) is 4.74 Å². The van der Waals surface area contributed by atoms with Crippen LogP contribution >= 0.6 is 11.3 Å². The van der Waals surface area contributed by atoms with Gasteiger partial charge in [0.25, 0.3) is 5.91 Å². The quantitative estimate of drug-likeness (QED) is 0.785. The maximum atomic E-state index is 13.4. The molecule has 1 N–H and O–H groups in total. The lowest BCUT2D eigenvalue weighted by Gasteiger charge is -2.11. The van der Waals surface area contributed by atoms with E-state index in [1.54, 1.807) is 0 Å². The Morgan fingerprint density at radius 2 is 1.81 bits per heavy atom. The number of nitrogens with one attached hydrogen (secondary N) is 1. The van der Waals surface area contributed by atoms with E-state index >= 15 is 0 Å². The number of halogens is 2. The number of aryl methyl sites for hydroxylation is 1. The van der Waals surface area contributed by atoms with Crippen LogP contribution in [0.2, 0.25) is 0 Å². The second-order valence-corrected chi connectivity index (χ2v) is 7.30. The largest absolute Gasteiger partial charge is 0.465 e. The van der Waals surface area contributed by atoms with Gasteiger partial charge in [0.2, 0.25) is 0 Å². The van der Waals surface area contributed by atoms with Gasteiger partial charge in [0.1, 0.15) is 5.00 Å². The van der Waals surface area contributed by atoms with Crippen LogP contribution in [0.5, 0.6) is 0 Å². The number of amides is 1. The van der Waals surface area contributed by atoms with Gasteiger partial charge in [-0.3, -0.25) is 4.79 Å². The van der Waals surface area contributed by atoms with Crippen LogP contribution in [0.15, 0.2) is 18.2 Å². The van der Waals surface area contributed by atoms with Gasteiger partial charge in [0, 0.05) is 10.4 Å². The number of esters is 1. The fraction of sp³-hybridized carbons (Fsp3) is 0.368. The van der Waals surface area contributed by atoms with Gasteiger partial charge in [-0.15, -0.1) is 11.3 Å². The van der Waals surface area contributed by atoms with Gasteiger partial charge in [-0.1, -0.05) is 12.8 Å². The van der Waals surface area contributed by atoms with Crippen LogP contribution in [0, 0.1) is 11.6 Å².